The fourth-order valence-electron chi connectivity index (χ4n) is 2.50. The molecule has 0 saturated heterocycles. The molecule has 106 valence electrons. The molecule has 3 rings (SSSR count). The molecule has 0 spiro atoms. The van der Waals surface area contributed by atoms with Gasteiger partial charge < -0.3 is 10.3 Å². The van der Waals surface area contributed by atoms with E-state index in [2.05, 4.69) is 15.1 Å². The van der Waals surface area contributed by atoms with Crippen LogP contribution in [0.1, 0.15) is 38.0 Å². The Morgan fingerprint density at radius 1 is 1.20 bits per heavy atom. The van der Waals surface area contributed by atoms with Crippen LogP contribution in [0.4, 0.5) is 0 Å². The third-order valence-electron chi connectivity index (χ3n) is 3.62. The van der Waals surface area contributed by atoms with Gasteiger partial charge in [-0.05, 0) is 18.9 Å². The maximum absolute atomic E-state index is 6.36. The Hall–Kier alpha value is -1.17. The Morgan fingerprint density at radius 3 is 2.65 bits per heavy atom. The molecule has 1 saturated carbocycles. The highest BCUT2D eigenvalue weighted by Crippen LogP contribution is 2.35. The zero-order chi connectivity index (χ0) is 14.2. The highest BCUT2D eigenvalue weighted by molar-refractivity contribution is 6.35. The molecule has 7 heteroatoms. The van der Waals surface area contributed by atoms with Gasteiger partial charge in [-0.2, -0.15) is 4.98 Å². The van der Waals surface area contributed by atoms with Crippen molar-refractivity contribution in [2.24, 2.45) is 5.73 Å². The van der Waals surface area contributed by atoms with E-state index in [0.29, 0.717) is 27.5 Å². The predicted octanol–water partition coefficient (Wildman–Crippen LogP) is 3.56. The Morgan fingerprint density at radius 2 is 1.95 bits per heavy atom. The van der Waals surface area contributed by atoms with E-state index in [1.54, 1.807) is 6.07 Å². The lowest BCUT2D eigenvalue weighted by atomic mass is 9.82. The van der Waals surface area contributed by atoms with Crippen LogP contribution in [0.3, 0.4) is 0 Å². The van der Waals surface area contributed by atoms with Crippen LogP contribution in [-0.4, -0.2) is 15.1 Å². The number of nitrogens with two attached hydrogens (primary N) is 1. The summed E-state index contributed by atoms with van der Waals surface area (Å²) in [5, 5.41) is 4.79. The lowest BCUT2D eigenvalue weighted by Crippen LogP contribution is -2.38. The van der Waals surface area contributed by atoms with Gasteiger partial charge in [0.25, 0.3) is 0 Å². The van der Waals surface area contributed by atoms with Gasteiger partial charge in [0.2, 0.25) is 11.7 Å². The summed E-state index contributed by atoms with van der Waals surface area (Å²) in [6.07, 6.45) is 6.57. The van der Waals surface area contributed by atoms with Crippen molar-refractivity contribution in [1.29, 1.82) is 0 Å². The van der Waals surface area contributed by atoms with E-state index in [1.165, 1.54) is 12.6 Å². The molecule has 0 amide bonds. The molecule has 1 aliphatic carbocycles. The van der Waals surface area contributed by atoms with Gasteiger partial charge in [-0.25, -0.2) is 4.98 Å². The van der Waals surface area contributed by atoms with Crippen LogP contribution in [0.2, 0.25) is 10.0 Å². The normalized spacial score (nSPS) is 18.1. The molecule has 2 aromatic rings. The van der Waals surface area contributed by atoms with Crippen LogP contribution in [-0.2, 0) is 5.54 Å². The highest BCUT2D eigenvalue weighted by atomic mass is 35.5. The number of rotatable bonds is 2. The maximum Gasteiger partial charge on any atom is 0.247 e. The van der Waals surface area contributed by atoms with E-state index < -0.39 is 5.54 Å². The summed E-state index contributed by atoms with van der Waals surface area (Å²) in [5.41, 5.74) is 6.29. The molecule has 20 heavy (non-hydrogen) atoms. The van der Waals surface area contributed by atoms with Gasteiger partial charge in [-0.1, -0.05) is 47.6 Å². The number of aromatic nitrogens is 3. The lowest BCUT2D eigenvalue weighted by molar-refractivity contribution is 0.220. The first-order chi connectivity index (χ1) is 9.58. The van der Waals surface area contributed by atoms with E-state index in [0.717, 1.165) is 25.7 Å². The summed E-state index contributed by atoms with van der Waals surface area (Å²) in [4.78, 5) is 8.51. The summed E-state index contributed by atoms with van der Waals surface area (Å²) >= 11 is 11.9. The predicted molar refractivity (Wildman–Crippen MR) is 76.5 cm³/mol. The second-order valence-corrected chi connectivity index (χ2v) is 5.97. The number of pyridine rings is 1. The van der Waals surface area contributed by atoms with Crippen molar-refractivity contribution in [3.8, 4) is 11.5 Å². The first-order valence-corrected chi connectivity index (χ1v) is 7.29. The standard InChI is InChI=1S/C13H14Cl2N4O/c14-8-6-9(15)10(17-7-8)11-18-12(20-19-11)13(16)4-2-1-3-5-13/h6-7H,1-5,16H2. The monoisotopic (exact) mass is 312 g/mol. The van der Waals surface area contributed by atoms with Crippen molar-refractivity contribution in [2.45, 2.75) is 37.6 Å². The number of halogens is 2. The third kappa shape index (κ3) is 2.53. The Bertz CT molecular complexity index is 623. The van der Waals surface area contributed by atoms with Gasteiger partial charge in [0.05, 0.1) is 15.6 Å². The second-order valence-electron chi connectivity index (χ2n) is 5.12. The summed E-state index contributed by atoms with van der Waals surface area (Å²) < 4.78 is 5.33. The third-order valence-corrected chi connectivity index (χ3v) is 4.11. The van der Waals surface area contributed by atoms with Crippen LogP contribution in [0.5, 0.6) is 0 Å². The molecule has 1 fully saturated rings. The van der Waals surface area contributed by atoms with Crippen molar-refractivity contribution >= 4 is 23.2 Å². The average molecular weight is 313 g/mol. The summed E-state index contributed by atoms with van der Waals surface area (Å²) in [5.74, 6) is 0.803. The fourth-order valence-corrected chi connectivity index (χ4v) is 2.96. The van der Waals surface area contributed by atoms with Crippen molar-refractivity contribution in [3.05, 3.63) is 28.2 Å². The van der Waals surface area contributed by atoms with Crippen LogP contribution in [0, 0.1) is 0 Å². The zero-order valence-corrected chi connectivity index (χ0v) is 12.3. The van der Waals surface area contributed by atoms with E-state index in [1.807, 2.05) is 0 Å². The lowest BCUT2D eigenvalue weighted by Gasteiger charge is -2.29. The van der Waals surface area contributed by atoms with Gasteiger partial charge in [0.15, 0.2) is 0 Å². The van der Waals surface area contributed by atoms with Crippen LogP contribution >= 0.6 is 23.2 Å². The minimum Gasteiger partial charge on any atom is -0.337 e. The SMILES string of the molecule is NC1(c2nc(-c3ncc(Cl)cc3Cl)no2)CCCCC1. The average Bonchev–Trinajstić information content (AvgIpc) is 2.90. The smallest absolute Gasteiger partial charge is 0.247 e. The fraction of sp³-hybridized carbons (Fsp3) is 0.462. The second kappa shape index (κ2) is 5.31. The number of hydrogen-bond donors (Lipinski definition) is 1. The van der Waals surface area contributed by atoms with Crippen molar-refractivity contribution in [2.75, 3.05) is 0 Å². The van der Waals surface area contributed by atoms with Crippen molar-refractivity contribution < 1.29 is 4.52 Å². The summed E-state index contributed by atoms with van der Waals surface area (Å²) in [6, 6.07) is 1.60. The van der Waals surface area contributed by atoms with Gasteiger partial charge >= 0.3 is 0 Å². The van der Waals surface area contributed by atoms with E-state index in [-0.39, 0.29) is 0 Å². The van der Waals surface area contributed by atoms with Crippen LogP contribution < -0.4 is 5.73 Å². The Kier molecular flexibility index (Phi) is 3.67. The first-order valence-electron chi connectivity index (χ1n) is 6.53. The minimum absolute atomic E-state index is 0.345. The number of hydrogen-bond acceptors (Lipinski definition) is 5. The van der Waals surface area contributed by atoms with Gasteiger partial charge in [-0.3, -0.25) is 0 Å². The van der Waals surface area contributed by atoms with Crippen LogP contribution in [0.15, 0.2) is 16.8 Å². The van der Waals surface area contributed by atoms with E-state index in [9.17, 15) is 0 Å². The molecule has 0 bridgehead atoms. The molecule has 0 atom stereocenters. The highest BCUT2D eigenvalue weighted by Gasteiger charge is 2.35. The largest absolute Gasteiger partial charge is 0.337 e. The summed E-state index contributed by atoms with van der Waals surface area (Å²) in [7, 11) is 0. The first kappa shape index (κ1) is 13.8. The van der Waals surface area contributed by atoms with Gasteiger partial charge in [0.1, 0.15) is 5.69 Å². The molecule has 0 aromatic carbocycles. The minimum atomic E-state index is -0.525. The maximum atomic E-state index is 6.36. The molecular formula is C13H14Cl2N4O. The number of nitrogens with zero attached hydrogens (tertiary/aromatic N) is 3. The Balaban J connectivity index is 1.93. The molecule has 0 aliphatic heterocycles. The topological polar surface area (TPSA) is 77.8 Å². The molecule has 2 aromatic heterocycles. The Labute approximate surface area is 126 Å². The molecule has 1 aliphatic rings. The molecule has 2 heterocycles. The molecule has 0 unspecified atom stereocenters. The van der Waals surface area contributed by atoms with Crippen molar-refractivity contribution in [3.63, 3.8) is 0 Å². The quantitative estimate of drug-likeness (QED) is 0.917. The molecule has 0 radical (unpaired) electrons. The van der Waals surface area contributed by atoms with Crippen LogP contribution in [0.25, 0.3) is 11.5 Å². The van der Waals surface area contributed by atoms with Gasteiger partial charge in [-0.15, -0.1) is 0 Å². The van der Waals surface area contributed by atoms with Crippen molar-refractivity contribution in [1.82, 2.24) is 15.1 Å². The zero-order valence-electron chi connectivity index (χ0n) is 10.8. The molecule has 5 nitrogen and oxygen atoms in total. The van der Waals surface area contributed by atoms with E-state index in [4.69, 9.17) is 33.5 Å². The van der Waals surface area contributed by atoms with Gasteiger partial charge in [0, 0.05) is 6.20 Å². The summed E-state index contributed by atoms with van der Waals surface area (Å²) in [6.45, 7) is 0. The van der Waals surface area contributed by atoms with E-state index >= 15 is 0 Å². The molecular weight excluding hydrogens is 299 g/mol. The molecule has 2 N–H and O–H groups in total.